The predicted octanol–water partition coefficient (Wildman–Crippen LogP) is 3.79. The van der Waals surface area contributed by atoms with Gasteiger partial charge in [0.05, 0.1) is 17.0 Å². The fourth-order valence-electron chi connectivity index (χ4n) is 2.53. The zero-order chi connectivity index (χ0) is 17.9. The van der Waals surface area contributed by atoms with E-state index in [2.05, 4.69) is 15.4 Å². The number of rotatable bonds is 5. The Balaban J connectivity index is 1.65. The summed E-state index contributed by atoms with van der Waals surface area (Å²) in [4.78, 5) is 3.86. The highest BCUT2D eigenvalue weighted by Crippen LogP contribution is 2.28. The number of halogens is 3. The summed E-state index contributed by atoms with van der Waals surface area (Å²) in [6.07, 6.45) is -1.58. The topological polar surface area (TPSA) is 42.7 Å². The Bertz CT molecular complexity index is 824. The van der Waals surface area contributed by atoms with Crippen LogP contribution in [0.3, 0.4) is 0 Å². The molecule has 0 aliphatic heterocycles. The molecule has 0 radical (unpaired) electrons. The van der Waals surface area contributed by atoms with Gasteiger partial charge in [-0.2, -0.15) is 18.3 Å². The average Bonchev–Trinajstić information content (AvgIpc) is 2.96. The smallest absolute Gasteiger partial charge is 0.307 e. The van der Waals surface area contributed by atoms with Crippen molar-refractivity contribution in [2.45, 2.75) is 19.3 Å². The van der Waals surface area contributed by atoms with Crippen LogP contribution in [0.15, 0.2) is 54.9 Å². The van der Waals surface area contributed by atoms with E-state index < -0.39 is 11.7 Å². The minimum absolute atomic E-state index is 0.376. The Labute approximate surface area is 143 Å². The summed E-state index contributed by atoms with van der Waals surface area (Å²) in [5, 5.41) is 7.68. The number of hydrogen-bond donors (Lipinski definition) is 1. The lowest BCUT2D eigenvalue weighted by Crippen LogP contribution is -2.14. The first kappa shape index (κ1) is 17.2. The number of benzene rings is 1. The summed E-state index contributed by atoms with van der Waals surface area (Å²) in [6.45, 7) is 0.919. The molecule has 0 unspecified atom stereocenters. The molecule has 2 heterocycles. The van der Waals surface area contributed by atoms with E-state index in [9.17, 15) is 13.2 Å². The molecule has 130 valence electrons. The summed E-state index contributed by atoms with van der Waals surface area (Å²) in [5.74, 6) is 0. The fourth-order valence-corrected chi connectivity index (χ4v) is 2.53. The van der Waals surface area contributed by atoms with Crippen molar-refractivity contribution in [2.75, 3.05) is 0 Å². The maximum Gasteiger partial charge on any atom is 0.417 e. The maximum absolute atomic E-state index is 12.5. The Kier molecular flexibility index (Phi) is 4.85. The van der Waals surface area contributed by atoms with Gasteiger partial charge in [0, 0.05) is 43.7 Å². The molecule has 4 nitrogen and oxygen atoms in total. The number of alkyl halides is 3. The zero-order valence-corrected chi connectivity index (χ0v) is 13.6. The lowest BCUT2D eigenvalue weighted by atomic mass is 10.1. The zero-order valence-electron chi connectivity index (χ0n) is 13.6. The number of nitrogens with one attached hydrogen (secondary N) is 1. The van der Waals surface area contributed by atoms with Crippen molar-refractivity contribution in [3.63, 3.8) is 0 Å². The summed E-state index contributed by atoms with van der Waals surface area (Å²) in [6, 6.07) is 12.3. The molecule has 0 fully saturated rings. The molecule has 1 aromatic carbocycles. The van der Waals surface area contributed by atoms with E-state index in [0.29, 0.717) is 18.8 Å². The molecule has 0 spiro atoms. The number of aromatic nitrogens is 3. The Hall–Kier alpha value is -2.67. The molecule has 25 heavy (non-hydrogen) atoms. The third kappa shape index (κ3) is 4.24. The molecule has 0 saturated carbocycles. The second-order valence-corrected chi connectivity index (χ2v) is 5.68. The molecule has 1 N–H and O–H groups in total. The number of pyridine rings is 1. The van der Waals surface area contributed by atoms with E-state index in [-0.39, 0.29) is 0 Å². The molecule has 0 amide bonds. The summed E-state index contributed by atoms with van der Waals surface area (Å²) in [5.41, 5.74) is 2.73. The van der Waals surface area contributed by atoms with Crippen LogP contribution in [0.1, 0.15) is 16.8 Å². The van der Waals surface area contributed by atoms with Crippen molar-refractivity contribution in [2.24, 2.45) is 7.05 Å². The van der Waals surface area contributed by atoms with Gasteiger partial charge >= 0.3 is 6.18 Å². The van der Waals surface area contributed by atoms with Crippen LogP contribution >= 0.6 is 0 Å². The van der Waals surface area contributed by atoms with E-state index >= 15 is 0 Å². The Morgan fingerprint density at radius 3 is 2.44 bits per heavy atom. The van der Waals surface area contributed by atoms with Gasteiger partial charge in [0.15, 0.2) is 0 Å². The van der Waals surface area contributed by atoms with Crippen LogP contribution in [-0.4, -0.2) is 14.8 Å². The Morgan fingerprint density at radius 1 is 1.04 bits per heavy atom. The molecule has 2 aromatic heterocycles. The van der Waals surface area contributed by atoms with Crippen LogP contribution < -0.4 is 5.32 Å². The maximum atomic E-state index is 12.5. The van der Waals surface area contributed by atoms with E-state index in [1.165, 1.54) is 6.07 Å². The van der Waals surface area contributed by atoms with Gasteiger partial charge in [-0.05, 0) is 12.1 Å². The van der Waals surface area contributed by atoms with E-state index in [1.807, 2.05) is 43.6 Å². The number of nitrogens with zero attached hydrogens (tertiary/aromatic N) is 3. The third-order valence-corrected chi connectivity index (χ3v) is 3.73. The van der Waals surface area contributed by atoms with Crippen molar-refractivity contribution >= 4 is 0 Å². The normalized spacial score (nSPS) is 11.7. The second-order valence-electron chi connectivity index (χ2n) is 5.68. The number of hydrogen-bond acceptors (Lipinski definition) is 3. The van der Waals surface area contributed by atoms with E-state index in [4.69, 9.17) is 0 Å². The molecule has 7 heteroatoms. The molecular weight excluding hydrogens is 329 g/mol. The summed E-state index contributed by atoms with van der Waals surface area (Å²) >= 11 is 0. The lowest BCUT2D eigenvalue weighted by molar-refractivity contribution is -0.137. The minimum Gasteiger partial charge on any atom is -0.307 e. The van der Waals surface area contributed by atoms with E-state index in [1.54, 1.807) is 4.68 Å². The average molecular weight is 346 g/mol. The highest BCUT2D eigenvalue weighted by molar-refractivity contribution is 5.62. The first-order valence-corrected chi connectivity index (χ1v) is 7.74. The molecule has 3 rings (SSSR count). The van der Waals surface area contributed by atoms with Gasteiger partial charge in [-0.25, -0.2) is 0 Å². The molecule has 3 aromatic rings. The van der Waals surface area contributed by atoms with Gasteiger partial charge in [-0.1, -0.05) is 30.3 Å². The SMILES string of the molecule is Cn1cc(CNCc2ccc(C(F)(F)F)cn2)c(-c2ccccc2)n1. The van der Waals surface area contributed by atoms with Crippen molar-refractivity contribution < 1.29 is 13.2 Å². The van der Waals surface area contributed by atoms with Crippen LogP contribution in [0.5, 0.6) is 0 Å². The highest BCUT2D eigenvalue weighted by Gasteiger charge is 2.30. The monoisotopic (exact) mass is 346 g/mol. The fraction of sp³-hybridized carbons (Fsp3) is 0.222. The van der Waals surface area contributed by atoms with Gasteiger partial charge in [-0.15, -0.1) is 0 Å². The van der Waals surface area contributed by atoms with Crippen molar-refractivity contribution in [3.8, 4) is 11.3 Å². The van der Waals surface area contributed by atoms with Crippen LogP contribution in [0, 0.1) is 0 Å². The van der Waals surface area contributed by atoms with Crippen LogP contribution in [-0.2, 0) is 26.3 Å². The Morgan fingerprint density at radius 2 is 1.80 bits per heavy atom. The van der Waals surface area contributed by atoms with Crippen molar-refractivity contribution in [1.82, 2.24) is 20.1 Å². The molecule has 0 atom stereocenters. The first-order chi connectivity index (χ1) is 11.9. The quantitative estimate of drug-likeness (QED) is 0.764. The molecular formula is C18H17F3N4. The van der Waals surface area contributed by atoms with Crippen LogP contribution in [0.2, 0.25) is 0 Å². The second kappa shape index (κ2) is 7.06. The predicted molar refractivity (Wildman–Crippen MR) is 88.4 cm³/mol. The summed E-state index contributed by atoms with van der Waals surface area (Å²) in [7, 11) is 1.85. The van der Waals surface area contributed by atoms with Gasteiger partial charge in [0.1, 0.15) is 0 Å². The van der Waals surface area contributed by atoms with Gasteiger partial charge < -0.3 is 5.32 Å². The van der Waals surface area contributed by atoms with Gasteiger partial charge in [-0.3, -0.25) is 9.67 Å². The third-order valence-electron chi connectivity index (χ3n) is 3.73. The highest BCUT2D eigenvalue weighted by atomic mass is 19.4. The minimum atomic E-state index is -4.36. The first-order valence-electron chi connectivity index (χ1n) is 7.74. The number of aryl methyl sites for hydroxylation is 1. The lowest BCUT2D eigenvalue weighted by Gasteiger charge is -2.08. The van der Waals surface area contributed by atoms with Gasteiger partial charge in [0.2, 0.25) is 0 Å². The summed E-state index contributed by atoms with van der Waals surface area (Å²) < 4.78 is 39.4. The standard InChI is InChI=1S/C18H17F3N4/c1-25-12-14(17(24-25)13-5-3-2-4-6-13)9-22-11-16-8-7-15(10-23-16)18(19,20)21/h2-8,10,12,22H,9,11H2,1H3. The molecule has 0 aliphatic carbocycles. The van der Waals surface area contributed by atoms with E-state index in [0.717, 1.165) is 29.1 Å². The molecule has 0 bridgehead atoms. The van der Waals surface area contributed by atoms with Crippen molar-refractivity contribution in [1.29, 1.82) is 0 Å². The molecule has 0 saturated heterocycles. The largest absolute Gasteiger partial charge is 0.417 e. The van der Waals surface area contributed by atoms with Crippen LogP contribution in [0.4, 0.5) is 13.2 Å². The van der Waals surface area contributed by atoms with Crippen molar-refractivity contribution in [3.05, 3.63) is 71.7 Å². The molecule has 0 aliphatic rings. The van der Waals surface area contributed by atoms with Crippen LogP contribution in [0.25, 0.3) is 11.3 Å². The van der Waals surface area contributed by atoms with Gasteiger partial charge in [0.25, 0.3) is 0 Å².